The van der Waals surface area contributed by atoms with E-state index in [1.165, 1.54) is 14.9 Å². The van der Waals surface area contributed by atoms with Gasteiger partial charge in [0.1, 0.15) is 0 Å². The van der Waals surface area contributed by atoms with Gasteiger partial charge in [0.05, 0.1) is 0 Å². The summed E-state index contributed by atoms with van der Waals surface area (Å²) in [6.07, 6.45) is 2.02. The topological polar surface area (TPSA) is 26.0 Å². The summed E-state index contributed by atoms with van der Waals surface area (Å²) in [5, 5.41) is 2.89. The Morgan fingerprint density at radius 2 is 1.89 bits per heavy atom. The van der Waals surface area contributed by atoms with Crippen LogP contribution >= 0.6 is 38.9 Å². The molecule has 1 unspecified atom stereocenters. The first-order valence-corrected chi connectivity index (χ1v) is 7.90. The fraction of sp³-hybridized carbons (Fsp3) is 0.286. The molecule has 0 spiro atoms. The highest BCUT2D eigenvalue weighted by Gasteiger charge is 2.12. The van der Waals surface area contributed by atoms with Crippen LogP contribution in [0.5, 0.6) is 0 Å². The van der Waals surface area contributed by atoms with Crippen molar-refractivity contribution in [2.24, 2.45) is 11.7 Å². The van der Waals surface area contributed by atoms with Gasteiger partial charge in [0.15, 0.2) is 0 Å². The second kappa shape index (κ2) is 6.71. The molecule has 0 aliphatic rings. The number of rotatable bonds is 5. The Labute approximate surface area is 125 Å². The zero-order chi connectivity index (χ0) is 13.0. The number of hydrogen-bond donors (Lipinski definition) is 1. The van der Waals surface area contributed by atoms with Crippen molar-refractivity contribution < 1.29 is 0 Å². The highest BCUT2D eigenvalue weighted by Crippen LogP contribution is 2.26. The molecule has 0 aliphatic carbocycles. The van der Waals surface area contributed by atoms with Crippen LogP contribution in [-0.4, -0.2) is 6.54 Å². The van der Waals surface area contributed by atoms with E-state index in [2.05, 4.69) is 39.5 Å². The van der Waals surface area contributed by atoms with E-state index in [1.807, 2.05) is 12.1 Å². The summed E-state index contributed by atoms with van der Waals surface area (Å²) >= 11 is 11.2. The Kier molecular flexibility index (Phi) is 5.25. The van der Waals surface area contributed by atoms with E-state index in [1.54, 1.807) is 11.3 Å². The van der Waals surface area contributed by atoms with Crippen molar-refractivity contribution in [3.8, 4) is 0 Å². The second-order valence-corrected chi connectivity index (χ2v) is 6.62. The van der Waals surface area contributed by atoms with E-state index in [4.69, 9.17) is 17.3 Å². The van der Waals surface area contributed by atoms with Crippen LogP contribution in [0.3, 0.4) is 0 Å². The molecule has 2 aromatic rings. The quantitative estimate of drug-likeness (QED) is 0.847. The molecule has 18 heavy (non-hydrogen) atoms. The van der Waals surface area contributed by atoms with Gasteiger partial charge in [-0.15, -0.1) is 11.3 Å². The fourth-order valence-electron chi connectivity index (χ4n) is 1.93. The molecule has 0 saturated heterocycles. The van der Waals surface area contributed by atoms with E-state index in [-0.39, 0.29) is 0 Å². The van der Waals surface area contributed by atoms with Crippen LogP contribution in [0.15, 0.2) is 40.2 Å². The lowest BCUT2D eigenvalue weighted by Gasteiger charge is -2.14. The number of thiophene rings is 1. The molecular formula is C14H15BrClNS. The highest BCUT2D eigenvalue weighted by molar-refractivity contribution is 9.10. The van der Waals surface area contributed by atoms with Gasteiger partial charge >= 0.3 is 0 Å². The SMILES string of the molecule is NCC(Cc1ccc(Cl)cc1)Cc1sccc1Br. The third-order valence-electron chi connectivity index (χ3n) is 2.94. The Balaban J connectivity index is 2.01. The average Bonchev–Trinajstić information content (AvgIpc) is 2.77. The maximum atomic E-state index is 5.89. The summed E-state index contributed by atoms with van der Waals surface area (Å²) in [5.74, 6) is 0.473. The van der Waals surface area contributed by atoms with Gasteiger partial charge in [-0.1, -0.05) is 23.7 Å². The molecule has 1 nitrogen and oxygen atoms in total. The van der Waals surface area contributed by atoms with Crippen molar-refractivity contribution in [3.05, 3.63) is 55.6 Å². The summed E-state index contributed by atoms with van der Waals surface area (Å²) in [6, 6.07) is 10.1. The van der Waals surface area contributed by atoms with Crippen LogP contribution in [-0.2, 0) is 12.8 Å². The molecule has 1 atom stereocenters. The summed E-state index contributed by atoms with van der Waals surface area (Å²) in [6.45, 7) is 0.701. The van der Waals surface area contributed by atoms with E-state index in [9.17, 15) is 0 Å². The zero-order valence-corrected chi connectivity index (χ0v) is 13.1. The van der Waals surface area contributed by atoms with Gasteiger partial charge < -0.3 is 5.73 Å². The molecular weight excluding hydrogens is 330 g/mol. The summed E-state index contributed by atoms with van der Waals surface area (Å²) < 4.78 is 1.20. The maximum absolute atomic E-state index is 5.89. The van der Waals surface area contributed by atoms with Crippen LogP contribution in [0.1, 0.15) is 10.4 Å². The minimum atomic E-state index is 0.473. The Hall–Kier alpha value is -0.350. The van der Waals surface area contributed by atoms with Crippen LogP contribution in [0.2, 0.25) is 5.02 Å². The lowest BCUT2D eigenvalue weighted by molar-refractivity contribution is 0.537. The number of hydrogen-bond acceptors (Lipinski definition) is 2. The van der Waals surface area contributed by atoms with Gasteiger partial charge in [-0.3, -0.25) is 0 Å². The van der Waals surface area contributed by atoms with Crippen molar-refractivity contribution in [1.29, 1.82) is 0 Å². The van der Waals surface area contributed by atoms with Crippen molar-refractivity contribution in [2.75, 3.05) is 6.54 Å². The first kappa shape index (κ1) is 14.1. The third kappa shape index (κ3) is 3.82. The average molecular weight is 345 g/mol. The molecule has 0 fully saturated rings. The molecule has 0 radical (unpaired) electrons. The van der Waals surface area contributed by atoms with E-state index < -0.39 is 0 Å². The Morgan fingerprint density at radius 1 is 1.17 bits per heavy atom. The molecule has 1 aromatic carbocycles. The maximum Gasteiger partial charge on any atom is 0.0406 e. The minimum Gasteiger partial charge on any atom is -0.330 e. The van der Waals surface area contributed by atoms with E-state index in [0.717, 1.165) is 17.9 Å². The normalized spacial score (nSPS) is 12.6. The smallest absolute Gasteiger partial charge is 0.0406 e. The van der Waals surface area contributed by atoms with Gasteiger partial charge in [-0.2, -0.15) is 0 Å². The third-order valence-corrected chi connectivity index (χ3v) is 5.14. The largest absolute Gasteiger partial charge is 0.330 e. The van der Waals surface area contributed by atoms with Gasteiger partial charge in [-0.05, 0) is 70.4 Å². The van der Waals surface area contributed by atoms with E-state index in [0.29, 0.717) is 12.5 Å². The summed E-state index contributed by atoms with van der Waals surface area (Å²) in [4.78, 5) is 1.37. The molecule has 1 heterocycles. The molecule has 4 heteroatoms. The Morgan fingerprint density at radius 3 is 2.44 bits per heavy atom. The minimum absolute atomic E-state index is 0.473. The van der Waals surface area contributed by atoms with Crippen LogP contribution in [0.25, 0.3) is 0 Å². The second-order valence-electron chi connectivity index (χ2n) is 4.33. The predicted molar refractivity (Wildman–Crippen MR) is 83.4 cm³/mol. The van der Waals surface area contributed by atoms with Crippen molar-refractivity contribution in [2.45, 2.75) is 12.8 Å². The van der Waals surface area contributed by atoms with Crippen LogP contribution < -0.4 is 5.73 Å². The van der Waals surface area contributed by atoms with Crippen molar-refractivity contribution >= 4 is 38.9 Å². The zero-order valence-electron chi connectivity index (χ0n) is 9.90. The predicted octanol–water partition coefficient (Wildman–Crippen LogP) is 4.52. The van der Waals surface area contributed by atoms with Crippen molar-refractivity contribution in [1.82, 2.24) is 0 Å². The molecule has 2 N–H and O–H groups in total. The lowest BCUT2D eigenvalue weighted by atomic mass is 9.96. The molecule has 0 aliphatic heterocycles. The summed E-state index contributed by atoms with van der Waals surface area (Å²) in [5.41, 5.74) is 7.17. The molecule has 96 valence electrons. The monoisotopic (exact) mass is 343 g/mol. The van der Waals surface area contributed by atoms with Crippen LogP contribution in [0, 0.1) is 5.92 Å². The van der Waals surface area contributed by atoms with Crippen molar-refractivity contribution in [3.63, 3.8) is 0 Å². The first-order valence-electron chi connectivity index (χ1n) is 5.85. The number of benzene rings is 1. The molecule has 0 bridgehead atoms. The molecule has 0 saturated carbocycles. The van der Waals surface area contributed by atoms with Gasteiger partial charge in [-0.25, -0.2) is 0 Å². The molecule has 2 rings (SSSR count). The van der Waals surface area contributed by atoms with Gasteiger partial charge in [0, 0.05) is 14.4 Å². The number of nitrogens with two attached hydrogens (primary N) is 1. The summed E-state index contributed by atoms with van der Waals surface area (Å²) in [7, 11) is 0. The Bertz CT molecular complexity index is 495. The van der Waals surface area contributed by atoms with Gasteiger partial charge in [0.25, 0.3) is 0 Å². The fourth-order valence-corrected chi connectivity index (χ4v) is 3.68. The van der Waals surface area contributed by atoms with Gasteiger partial charge in [0.2, 0.25) is 0 Å². The highest BCUT2D eigenvalue weighted by atomic mass is 79.9. The standard InChI is InChI=1S/C14H15BrClNS/c15-13-5-6-18-14(13)8-11(9-17)7-10-1-3-12(16)4-2-10/h1-6,11H,7-9,17H2. The molecule has 1 aromatic heterocycles. The molecule has 0 amide bonds. The van der Waals surface area contributed by atoms with E-state index >= 15 is 0 Å². The lowest BCUT2D eigenvalue weighted by Crippen LogP contribution is -2.19. The number of halogens is 2. The van der Waals surface area contributed by atoms with Crippen LogP contribution in [0.4, 0.5) is 0 Å². The first-order chi connectivity index (χ1) is 8.69.